The summed E-state index contributed by atoms with van der Waals surface area (Å²) in [6.07, 6.45) is 2.90. The summed E-state index contributed by atoms with van der Waals surface area (Å²) < 4.78 is 12.2. The molecule has 2 N–H and O–H groups in total. The summed E-state index contributed by atoms with van der Waals surface area (Å²) in [4.78, 5) is 23.9. The van der Waals surface area contributed by atoms with Crippen LogP contribution in [0.5, 0.6) is 5.75 Å². The van der Waals surface area contributed by atoms with Crippen LogP contribution in [0.1, 0.15) is 47.1 Å². The first-order valence-electron chi connectivity index (χ1n) is 8.72. The summed E-state index contributed by atoms with van der Waals surface area (Å²) in [5.74, 6) is 0.0170. The van der Waals surface area contributed by atoms with Gasteiger partial charge >= 0.3 is 5.97 Å². The van der Waals surface area contributed by atoms with E-state index in [4.69, 9.17) is 15.2 Å². The van der Waals surface area contributed by atoms with E-state index >= 15 is 0 Å². The lowest BCUT2D eigenvalue weighted by Crippen LogP contribution is -2.13. The number of carbonyl (C=O) groups excluding carboxylic acids is 2. The Bertz CT molecular complexity index is 832. The minimum Gasteiger partial charge on any atom is -0.497 e. The van der Waals surface area contributed by atoms with E-state index in [2.05, 4.69) is 4.57 Å². The van der Waals surface area contributed by atoms with Gasteiger partial charge in [0.15, 0.2) is 0 Å². The van der Waals surface area contributed by atoms with E-state index < -0.39 is 5.91 Å². The molecule has 6 heteroatoms. The fraction of sp³-hybridized carbons (Fsp3) is 0.400. The predicted molar refractivity (Wildman–Crippen MR) is 98.3 cm³/mol. The van der Waals surface area contributed by atoms with Gasteiger partial charge in [-0.1, -0.05) is 12.1 Å². The largest absolute Gasteiger partial charge is 0.497 e. The standard InChI is InChI=1S/C20H24N2O4/c1-12-18(20(21)24)19(13-4-8-15(25-2)9-5-13)16(10-11-17(23)26-3)22(12)14-6-7-14/h4-5,8-9,14H,6-7,10-11H2,1-3H3,(H2,21,24). The molecule has 26 heavy (non-hydrogen) atoms. The molecule has 0 saturated heterocycles. The highest BCUT2D eigenvalue weighted by Gasteiger charge is 2.33. The number of primary amides is 1. The van der Waals surface area contributed by atoms with Gasteiger partial charge in [0.1, 0.15) is 5.75 Å². The Labute approximate surface area is 152 Å². The SMILES string of the molecule is COC(=O)CCc1c(-c2ccc(OC)cc2)c(C(N)=O)c(C)n1C1CC1. The third kappa shape index (κ3) is 3.31. The lowest BCUT2D eigenvalue weighted by atomic mass is 9.98. The molecule has 0 radical (unpaired) electrons. The molecule has 0 bridgehead atoms. The van der Waals surface area contributed by atoms with Crippen molar-refractivity contribution in [3.63, 3.8) is 0 Å². The number of nitrogens with zero attached hydrogens (tertiary/aromatic N) is 1. The molecule has 0 atom stereocenters. The third-order valence-corrected chi connectivity index (χ3v) is 4.88. The average molecular weight is 356 g/mol. The Morgan fingerprint density at radius 3 is 2.35 bits per heavy atom. The summed E-state index contributed by atoms with van der Waals surface area (Å²) in [5.41, 5.74) is 9.79. The minimum absolute atomic E-state index is 0.258. The molecule has 0 unspecified atom stereocenters. The Morgan fingerprint density at radius 1 is 1.19 bits per heavy atom. The van der Waals surface area contributed by atoms with Gasteiger partial charge in [0.2, 0.25) is 0 Å². The number of aromatic nitrogens is 1. The zero-order chi connectivity index (χ0) is 18.8. The van der Waals surface area contributed by atoms with Crippen LogP contribution in [0.25, 0.3) is 11.1 Å². The van der Waals surface area contributed by atoms with Crippen LogP contribution in [0.4, 0.5) is 0 Å². The maximum absolute atomic E-state index is 12.2. The second kappa shape index (κ2) is 7.23. The summed E-state index contributed by atoms with van der Waals surface area (Å²) in [7, 11) is 2.99. The third-order valence-electron chi connectivity index (χ3n) is 4.88. The summed E-state index contributed by atoms with van der Waals surface area (Å²) in [6.45, 7) is 1.92. The van der Waals surface area contributed by atoms with E-state index in [9.17, 15) is 9.59 Å². The normalized spacial score (nSPS) is 13.5. The van der Waals surface area contributed by atoms with Crippen molar-refractivity contribution in [1.29, 1.82) is 0 Å². The Kier molecular flexibility index (Phi) is 5.02. The zero-order valence-electron chi connectivity index (χ0n) is 15.4. The van der Waals surface area contributed by atoms with Gasteiger partial charge in [-0.25, -0.2) is 0 Å². The number of hydrogen-bond donors (Lipinski definition) is 1. The van der Waals surface area contributed by atoms with Crippen LogP contribution in [0, 0.1) is 6.92 Å². The fourth-order valence-corrected chi connectivity index (χ4v) is 3.53. The fourth-order valence-electron chi connectivity index (χ4n) is 3.53. The quantitative estimate of drug-likeness (QED) is 0.773. The molecule has 0 spiro atoms. The number of esters is 1. The van der Waals surface area contributed by atoms with Crippen molar-refractivity contribution < 1.29 is 19.1 Å². The molecule has 1 heterocycles. The molecular weight excluding hydrogens is 332 g/mol. The first-order valence-corrected chi connectivity index (χ1v) is 8.72. The van der Waals surface area contributed by atoms with Crippen molar-refractivity contribution >= 4 is 11.9 Å². The topological polar surface area (TPSA) is 83.6 Å². The molecule has 1 fully saturated rings. The Balaban J connectivity index is 2.16. The van der Waals surface area contributed by atoms with Gasteiger partial charge in [0.05, 0.1) is 26.2 Å². The van der Waals surface area contributed by atoms with Gasteiger partial charge < -0.3 is 19.8 Å². The van der Waals surface area contributed by atoms with Crippen molar-refractivity contribution in [3.8, 4) is 16.9 Å². The van der Waals surface area contributed by atoms with Crippen LogP contribution < -0.4 is 10.5 Å². The first-order chi connectivity index (χ1) is 12.5. The summed E-state index contributed by atoms with van der Waals surface area (Å²) >= 11 is 0. The lowest BCUT2D eigenvalue weighted by molar-refractivity contribution is -0.140. The predicted octanol–water partition coefficient (Wildman–Crippen LogP) is 3.01. The van der Waals surface area contributed by atoms with Gasteiger partial charge in [-0.05, 0) is 43.9 Å². The maximum atomic E-state index is 12.2. The highest BCUT2D eigenvalue weighted by Crippen LogP contribution is 2.43. The molecule has 1 aromatic heterocycles. The second-order valence-corrected chi connectivity index (χ2v) is 6.55. The van der Waals surface area contributed by atoms with Crippen LogP contribution in [-0.4, -0.2) is 30.7 Å². The zero-order valence-corrected chi connectivity index (χ0v) is 15.4. The number of benzene rings is 1. The average Bonchev–Trinajstić information content (AvgIpc) is 3.43. The molecular formula is C20H24N2O4. The first kappa shape index (κ1) is 18.0. The molecule has 1 amide bonds. The van der Waals surface area contributed by atoms with E-state index in [1.807, 2.05) is 31.2 Å². The van der Waals surface area contributed by atoms with Crippen molar-refractivity contribution in [2.24, 2.45) is 5.73 Å². The van der Waals surface area contributed by atoms with Crippen molar-refractivity contribution in [1.82, 2.24) is 4.57 Å². The van der Waals surface area contributed by atoms with Gasteiger partial charge in [-0.15, -0.1) is 0 Å². The van der Waals surface area contributed by atoms with Crippen LogP contribution in [0.2, 0.25) is 0 Å². The van der Waals surface area contributed by atoms with Gasteiger partial charge in [-0.3, -0.25) is 9.59 Å². The van der Waals surface area contributed by atoms with Crippen molar-refractivity contribution in [2.75, 3.05) is 14.2 Å². The number of rotatable bonds is 7. The highest BCUT2D eigenvalue weighted by molar-refractivity contribution is 6.02. The monoisotopic (exact) mass is 356 g/mol. The number of ether oxygens (including phenoxy) is 2. The van der Waals surface area contributed by atoms with Crippen molar-refractivity contribution in [2.45, 2.75) is 38.6 Å². The Hall–Kier alpha value is -2.76. The van der Waals surface area contributed by atoms with E-state index in [0.717, 1.165) is 41.1 Å². The molecule has 1 aromatic carbocycles. The van der Waals surface area contributed by atoms with Crippen LogP contribution in [0.15, 0.2) is 24.3 Å². The molecule has 1 saturated carbocycles. The Morgan fingerprint density at radius 2 is 1.85 bits per heavy atom. The smallest absolute Gasteiger partial charge is 0.305 e. The molecule has 3 rings (SSSR count). The van der Waals surface area contributed by atoms with Crippen LogP contribution >= 0.6 is 0 Å². The van der Waals surface area contributed by atoms with E-state index in [1.165, 1.54) is 7.11 Å². The number of hydrogen-bond acceptors (Lipinski definition) is 4. The maximum Gasteiger partial charge on any atom is 0.305 e. The molecule has 138 valence electrons. The highest BCUT2D eigenvalue weighted by atomic mass is 16.5. The molecule has 1 aliphatic rings. The number of methoxy groups -OCH3 is 2. The molecule has 1 aliphatic carbocycles. The number of carbonyl (C=O) groups is 2. The van der Waals surface area contributed by atoms with Crippen LogP contribution in [-0.2, 0) is 16.0 Å². The van der Waals surface area contributed by atoms with Gasteiger partial charge in [0, 0.05) is 23.0 Å². The van der Waals surface area contributed by atoms with Gasteiger partial charge in [0.25, 0.3) is 5.91 Å². The lowest BCUT2D eigenvalue weighted by Gasteiger charge is -2.12. The second-order valence-electron chi connectivity index (χ2n) is 6.55. The van der Waals surface area contributed by atoms with E-state index in [1.54, 1.807) is 7.11 Å². The summed E-state index contributed by atoms with van der Waals surface area (Å²) in [6, 6.07) is 7.91. The van der Waals surface area contributed by atoms with E-state index in [-0.39, 0.29) is 12.4 Å². The minimum atomic E-state index is -0.452. The molecule has 2 aromatic rings. The van der Waals surface area contributed by atoms with Gasteiger partial charge in [-0.2, -0.15) is 0 Å². The molecule has 6 nitrogen and oxygen atoms in total. The van der Waals surface area contributed by atoms with E-state index in [0.29, 0.717) is 18.0 Å². The van der Waals surface area contributed by atoms with Crippen molar-refractivity contribution in [3.05, 3.63) is 41.2 Å². The number of nitrogens with two attached hydrogens (primary N) is 1. The number of amides is 1. The van der Waals surface area contributed by atoms with Crippen LogP contribution in [0.3, 0.4) is 0 Å². The molecule has 0 aliphatic heterocycles. The summed E-state index contributed by atoms with van der Waals surface area (Å²) in [5, 5.41) is 0.